The number of rotatable bonds is 4. The molecule has 0 aromatic heterocycles. The third-order valence-electron chi connectivity index (χ3n) is 4.62. The van der Waals surface area contributed by atoms with Crippen molar-refractivity contribution in [2.75, 3.05) is 0 Å². The number of ether oxygens (including phenoxy) is 1. The number of Topliss-reactive ketones (excluding diaryl/α,β-unsaturated/α-hetero) is 1. The van der Waals surface area contributed by atoms with E-state index in [-0.39, 0.29) is 17.0 Å². The lowest BCUT2D eigenvalue weighted by molar-refractivity contribution is -0.116. The molecule has 2 aromatic carbocycles. The number of aryl methyl sites for hydroxylation is 1. The van der Waals surface area contributed by atoms with Gasteiger partial charge in [-0.25, -0.2) is 0 Å². The highest BCUT2D eigenvalue weighted by atomic mass is 79.9. The molecule has 1 N–H and O–H groups in total. The minimum atomic E-state index is -0.207. The quantitative estimate of drug-likeness (QED) is 0.623. The highest BCUT2D eigenvalue weighted by molar-refractivity contribution is 9.10. The Morgan fingerprint density at radius 2 is 1.85 bits per heavy atom. The van der Waals surface area contributed by atoms with Gasteiger partial charge in [-0.3, -0.25) is 4.79 Å². The van der Waals surface area contributed by atoms with Gasteiger partial charge in [0.1, 0.15) is 17.3 Å². The number of aliphatic hydroxyl groups is 1. The molecule has 136 valence electrons. The predicted molar refractivity (Wildman–Crippen MR) is 108 cm³/mol. The van der Waals surface area contributed by atoms with Crippen molar-refractivity contribution in [3.05, 3.63) is 63.8 Å². The number of halogens is 1. The molecule has 0 aliphatic heterocycles. The molecule has 0 radical (unpaired) electrons. The zero-order valence-electron chi connectivity index (χ0n) is 15.3. The zero-order valence-corrected chi connectivity index (χ0v) is 16.9. The van der Waals surface area contributed by atoms with Crippen LogP contribution >= 0.6 is 15.9 Å². The van der Waals surface area contributed by atoms with Crippen molar-refractivity contribution in [3.8, 4) is 11.5 Å². The molecule has 3 rings (SSSR count). The van der Waals surface area contributed by atoms with Crippen molar-refractivity contribution >= 4 is 27.3 Å². The van der Waals surface area contributed by atoms with Crippen LogP contribution in [0.15, 0.2) is 52.7 Å². The Morgan fingerprint density at radius 3 is 2.50 bits per heavy atom. The fraction of sp³-hybridized carbons (Fsp3) is 0.318. The second-order valence-corrected chi connectivity index (χ2v) is 8.41. The van der Waals surface area contributed by atoms with Crippen LogP contribution in [0.4, 0.5) is 0 Å². The first kappa shape index (κ1) is 18.7. The van der Waals surface area contributed by atoms with Crippen LogP contribution in [-0.4, -0.2) is 10.9 Å². The van der Waals surface area contributed by atoms with Gasteiger partial charge in [0.2, 0.25) is 0 Å². The van der Waals surface area contributed by atoms with Crippen molar-refractivity contribution in [1.29, 1.82) is 0 Å². The molecular formula is C22H23BrO3. The Kier molecular flexibility index (Phi) is 5.24. The molecule has 26 heavy (non-hydrogen) atoms. The molecule has 0 saturated heterocycles. The number of aliphatic hydroxyl groups excluding tert-OH is 1. The van der Waals surface area contributed by atoms with E-state index in [4.69, 9.17) is 4.74 Å². The van der Waals surface area contributed by atoms with Gasteiger partial charge in [0.15, 0.2) is 5.78 Å². The summed E-state index contributed by atoms with van der Waals surface area (Å²) >= 11 is 3.44. The summed E-state index contributed by atoms with van der Waals surface area (Å²) < 4.78 is 6.89. The average Bonchev–Trinajstić information content (AvgIpc) is 2.53. The van der Waals surface area contributed by atoms with Crippen LogP contribution in [0.3, 0.4) is 0 Å². The van der Waals surface area contributed by atoms with E-state index in [1.54, 1.807) is 0 Å². The topological polar surface area (TPSA) is 46.5 Å². The number of ketones is 1. The Morgan fingerprint density at radius 1 is 1.12 bits per heavy atom. The fourth-order valence-corrected chi connectivity index (χ4v) is 3.80. The summed E-state index contributed by atoms with van der Waals surface area (Å²) in [5, 5.41) is 10.6. The number of hydrogen-bond donors (Lipinski definition) is 1. The van der Waals surface area contributed by atoms with Crippen LogP contribution in [0.2, 0.25) is 0 Å². The maximum atomic E-state index is 12.7. The summed E-state index contributed by atoms with van der Waals surface area (Å²) in [5.41, 5.74) is 2.04. The van der Waals surface area contributed by atoms with Gasteiger partial charge in [0.05, 0.1) is 5.57 Å². The summed E-state index contributed by atoms with van der Waals surface area (Å²) in [6, 6.07) is 13.3. The second kappa shape index (κ2) is 7.28. The van der Waals surface area contributed by atoms with Gasteiger partial charge in [-0.2, -0.15) is 0 Å². The normalized spacial score (nSPS) is 16.7. The predicted octanol–water partition coefficient (Wildman–Crippen LogP) is 6.46. The van der Waals surface area contributed by atoms with Crippen molar-refractivity contribution in [1.82, 2.24) is 0 Å². The lowest BCUT2D eigenvalue weighted by atomic mass is 9.74. The second-order valence-electron chi connectivity index (χ2n) is 7.49. The Labute approximate surface area is 162 Å². The minimum absolute atomic E-state index is 0.00643. The van der Waals surface area contributed by atoms with Crippen LogP contribution in [0, 0.1) is 5.41 Å². The molecule has 0 unspecified atom stereocenters. The van der Waals surface area contributed by atoms with Gasteiger partial charge in [-0.15, -0.1) is 0 Å². The van der Waals surface area contributed by atoms with Crippen molar-refractivity contribution in [2.45, 2.75) is 40.0 Å². The van der Waals surface area contributed by atoms with Crippen LogP contribution in [0.5, 0.6) is 11.5 Å². The van der Waals surface area contributed by atoms with Crippen molar-refractivity contribution in [3.63, 3.8) is 0 Å². The third kappa shape index (κ3) is 4.01. The molecule has 1 aliphatic rings. The molecular weight excluding hydrogens is 392 g/mol. The van der Waals surface area contributed by atoms with E-state index in [9.17, 15) is 9.90 Å². The molecule has 3 nitrogen and oxygen atoms in total. The number of benzene rings is 2. The van der Waals surface area contributed by atoms with Crippen LogP contribution < -0.4 is 4.74 Å². The smallest absolute Gasteiger partial charge is 0.167 e. The molecule has 0 amide bonds. The number of carbonyl (C=O) groups excluding carboxylic acids is 1. The first-order valence-corrected chi connectivity index (χ1v) is 9.60. The summed E-state index contributed by atoms with van der Waals surface area (Å²) in [4.78, 5) is 12.7. The highest BCUT2D eigenvalue weighted by Gasteiger charge is 2.34. The summed E-state index contributed by atoms with van der Waals surface area (Å²) in [5.74, 6) is 1.53. The van der Waals surface area contributed by atoms with E-state index >= 15 is 0 Å². The van der Waals surface area contributed by atoms with E-state index in [2.05, 4.69) is 15.9 Å². The standard InChI is InChI=1S/C22H23BrO3/c1-4-14-8-9-17(26-16-7-5-6-15(23)10-16)11-18(14)21-19(24)12-22(2,3)13-20(21)25/h5-11,24H,4,12-13H2,1-3H3. The molecule has 0 bridgehead atoms. The molecule has 0 heterocycles. The van der Waals surface area contributed by atoms with Gasteiger partial charge in [-0.1, -0.05) is 48.8 Å². The summed E-state index contributed by atoms with van der Waals surface area (Å²) in [6.45, 7) is 6.05. The zero-order chi connectivity index (χ0) is 18.9. The monoisotopic (exact) mass is 414 g/mol. The van der Waals surface area contributed by atoms with E-state index in [1.807, 2.05) is 63.2 Å². The maximum absolute atomic E-state index is 12.7. The number of carbonyl (C=O) groups is 1. The van der Waals surface area contributed by atoms with Crippen LogP contribution in [-0.2, 0) is 11.2 Å². The van der Waals surface area contributed by atoms with E-state index in [0.717, 1.165) is 22.0 Å². The maximum Gasteiger partial charge on any atom is 0.167 e. The van der Waals surface area contributed by atoms with Gasteiger partial charge >= 0.3 is 0 Å². The number of allylic oxidation sites excluding steroid dienone is 2. The Balaban J connectivity index is 2.02. The van der Waals surface area contributed by atoms with Gasteiger partial charge in [0.25, 0.3) is 0 Å². The molecule has 0 atom stereocenters. The first-order valence-electron chi connectivity index (χ1n) is 8.81. The SMILES string of the molecule is CCc1ccc(Oc2cccc(Br)c2)cc1C1=C(O)CC(C)(C)CC1=O. The van der Waals surface area contributed by atoms with E-state index < -0.39 is 0 Å². The van der Waals surface area contributed by atoms with E-state index in [1.165, 1.54) is 0 Å². The highest BCUT2D eigenvalue weighted by Crippen LogP contribution is 2.41. The Bertz CT molecular complexity index is 881. The molecule has 1 aliphatic carbocycles. The van der Waals surface area contributed by atoms with Crippen LogP contribution in [0.1, 0.15) is 44.7 Å². The minimum Gasteiger partial charge on any atom is -0.512 e. The average molecular weight is 415 g/mol. The molecule has 0 fully saturated rings. The molecule has 0 saturated carbocycles. The Hall–Kier alpha value is -2.07. The summed E-state index contributed by atoms with van der Waals surface area (Å²) in [6.07, 6.45) is 1.72. The van der Waals surface area contributed by atoms with Gasteiger partial charge in [-0.05, 0) is 53.3 Å². The van der Waals surface area contributed by atoms with Gasteiger partial charge in [0, 0.05) is 17.3 Å². The first-order chi connectivity index (χ1) is 12.3. The lowest BCUT2D eigenvalue weighted by Gasteiger charge is -2.30. The molecule has 4 heteroatoms. The molecule has 0 spiro atoms. The largest absolute Gasteiger partial charge is 0.512 e. The molecule has 2 aromatic rings. The van der Waals surface area contributed by atoms with Gasteiger partial charge < -0.3 is 9.84 Å². The number of hydrogen-bond acceptors (Lipinski definition) is 3. The van der Waals surface area contributed by atoms with Crippen LogP contribution in [0.25, 0.3) is 5.57 Å². The van der Waals surface area contributed by atoms with Crippen molar-refractivity contribution < 1.29 is 14.6 Å². The fourth-order valence-electron chi connectivity index (χ4n) is 3.42. The van der Waals surface area contributed by atoms with Crippen molar-refractivity contribution in [2.24, 2.45) is 5.41 Å². The lowest BCUT2D eigenvalue weighted by Crippen LogP contribution is -2.25. The summed E-state index contributed by atoms with van der Waals surface area (Å²) in [7, 11) is 0. The van der Waals surface area contributed by atoms with E-state index in [0.29, 0.717) is 29.9 Å². The third-order valence-corrected chi connectivity index (χ3v) is 5.11.